The number of nitrogens with zero attached hydrogens (tertiary/aromatic N) is 6. The Morgan fingerprint density at radius 2 is 1.85 bits per heavy atom. The van der Waals surface area contributed by atoms with Crippen molar-refractivity contribution in [3.05, 3.63) is 47.2 Å². The van der Waals surface area contributed by atoms with Crippen molar-refractivity contribution in [3.8, 4) is 11.3 Å². The lowest BCUT2D eigenvalue weighted by Crippen LogP contribution is -2.34. The van der Waals surface area contributed by atoms with Crippen molar-refractivity contribution in [2.24, 2.45) is 7.05 Å². The summed E-state index contributed by atoms with van der Waals surface area (Å²) in [5.74, 6) is -4.00. The van der Waals surface area contributed by atoms with Crippen molar-refractivity contribution in [1.29, 1.82) is 0 Å². The van der Waals surface area contributed by atoms with Gasteiger partial charge in [0.25, 0.3) is 11.7 Å². The van der Waals surface area contributed by atoms with E-state index in [1.807, 2.05) is 0 Å². The number of rotatable bonds is 3. The molecule has 0 aliphatic carbocycles. The molecule has 0 spiro atoms. The van der Waals surface area contributed by atoms with Gasteiger partial charge in [-0.05, 0) is 25.0 Å². The van der Waals surface area contributed by atoms with Crippen LogP contribution in [0, 0.1) is 5.82 Å². The quantitative estimate of drug-likeness (QED) is 0.584. The van der Waals surface area contributed by atoms with E-state index in [2.05, 4.69) is 25.5 Å². The summed E-state index contributed by atoms with van der Waals surface area (Å²) in [5.41, 5.74) is -1.47. The number of pyridine rings is 1. The Bertz CT molecular complexity index is 1210. The van der Waals surface area contributed by atoms with Gasteiger partial charge < -0.3 is 5.32 Å². The lowest BCUT2D eigenvalue weighted by atomic mass is 10.0. The zero-order chi connectivity index (χ0) is 24.1. The first-order valence-electron chi connectivity index (χ1n) is 9.44. The number of halogens is 7. The molecule has 0 radical (unpaired) electrons. The summed E-state index contributed by atoms with van der Waals surface area (Å²) in [4.78, 5) is 18.8. The van der Waals surface area contributed by atoms with Crippen molar-refractivity contribution in [2.45, 2.75) is 37.8 Å². The van der Waals surface area contributed by atoms with Gasteiger partial charge in [-0.15, -0.1) is 5.10 Å². The van der Waals surface area contributed by atoms with Crippen molar-refractivity contribution in [2.75, 3.05) is 0 Å². The Morgan fingerprint density at radius 3 is 2.48 bits per heavy atom. The topological polar surface area (TPSA) is 90.5 Å². The Balaban J connectivity index is 1.63. The van der Waals surface area contributed by atoms with Crippen LogP contribution in [0.1, 0.15) is 46.7 Å². The van der Waals surface area contributed by atoms with Gasteiger partial charge in [0.2, 0.25) is 5.82 Å². The van der Waals surface area contributed by atoms with Crippen LogP contribution in [0.15, 0.2) is 18.3 Å². The molecule has 1 N–H and O–H groups in total. The van der Waals surface area contributed by atoms with E-state index in [9.17, 15) is 35.5 Å². The van der Waals surface area contributed by atoms with E-state index in [-0.39, 0.29) is 5.69 Å². The number of aryl methyl sites for hydroxylation is 2. The molecule has 8 nitrogen and oxygen atoms in total. The van der Waals surface area contributed by atoms with Gasteiger partial charge in [-0.3, -0.25) is 9.48 Å². The molecule has 176 valence electrons. The second-order valence-corrected chi connectivity index (χ2v) is 7.27. The van der Waals surface area contributed by atoms with Crippen molar-refractivity contribution < 1.29 is 35.5 Å². The normalized spacial score (nSPS) is 16.5. The molecule has 3 aromatic heterocycles. The Hall–Kier alpha value is -3.52. The number of fused-ring (bicyclic) bond motifs is 1. The largest absolute Gasteiger partial charge is 0.453 e. The molecule has 0 fully saturated rings. The summed E-state index contributed by atoms with van der Waals surface area (Å²) < 4.78 is 93.7. The van der Waals surface area contributed by atoms with Crippen LogP contribution in [0.2, 0.25) is 0 Å². The van der Waals surface area contributed by atoms with E-state index in [0.717, 1.165) is 7.05 Å². The van der Waals surface area contributed by atoms with Gasteiger partial charge >= 0.3 is 12.4 Å². The third-order valence-electron chi connectivity index (χ3n) is 4.98. The van der Waals surface area contributed by atoms with E-state index >= 15 is 0 Å². The molecule has 3 aromatic rings. The molecule has 1 atom stereocenters. The first-order chi connectivity index (χ1) is 15.3. The maximum absolute atomic E-state index is 14.2. The van der Waals surface area contributed by atoms with Crippen LogP contribution in [-0.4, -0.2) is 35.4 Å². The number of alkyl halides is 6. The maximum atomic E-state index is 14.2. The smallest absolute Gasteiger partial charge is 0.341 e. The summed E-state index contributed by atoms with van der Waals surface area (Å²) in [6, 6.07) is 1.11. The van der Waals surface area contributed by atoms with E-state index < -0.39 is 53.0 Å². The van der Waals surface area contributed by atoms with Crippen molar-refractivity contribution in [3.63, 3.8) is 0 Å². The lowest BCUT2D eigenvalue weighted by Gasteiger charge is -2.24. The van der Waals surface area contributed by atoms with E-state index in [1.165, 1.54) is 10.7 Å². The van der Waals surface area contributed by atoms with Gasteiger partial charge in [0.05, 0.1) is 23.6 Å². The Kier molecular flexibility index (Phi) is 5.36. The predicted octanol–water partition coefficient (Wildman–Crippen LogP) is 3.52. The summed E-state index contributed by atoms with van der Waals surface area (Å²) in [5, 5.41) is 9.86. The fraction of sp³-hybridized carbons (Fsp3) is 0.389. The van der Waals surface area contributed by atoms with Crippen molar-refractivity contribution in [1.82, 2.24) is 34.8 Å². The van der Waals surface area contributed by atoms with Crippen molar-refractivity contribution >= 4 is 5.91 Å². The molecule has 4 heterocycles. The zero-order valence-electron chi connectivity index (χ0n) is 16.7. The first-order valence-corrected chi connectivity index (χ1v) is 9.44. The second-order valence-electron chi connectivity index (χ2n) is 7.27. The fourth-order valence-electron chi connectivity index (χ4n) is 3.48. The van der Waals surface area contributed by atoms with E-state index in [1.54, 1.807) is 0 Å². The number of hydrogen-bond acceptors (Lipinski definition) is 5. The summed E-state index contributed by atoms with van der Waals surface area (Å²) in [6.07, 6.45) is -8.31. The number of carbonyl (C=O) groups is 1. The predicted molar refractivity (Wildman–Crippen MR) is 95.9 cm³/mol. The highest BCUT2D eigenvalue weighted by atomic mass is 19.4. The standard InChI is InChI=1S/C18H14F7N7O/c1-31-14(28-16(30-31)18(23,24)25)15(33)27-10-3-2-4-32-12(10)6-11(29-32)8-5-13(17(20,21)22)26-7-9(8)19/h5-7,10H,2-4H2,1H3,(H,27,33)/t10-/m1/s1. The first kappa shape index (κ1) is 22.7. The molecule has 1 aliphatic rings. The highest BCUT2D eigenvalue weighted by Gasteiger charge is 2.38. The number of nitrogens with one attached hydrogen (secondary N) is 1. The van der Waals surface area contributed by atoms with Crippen LogP contribution in [0.4, 0.5) is 30.7 Å². The van der Waals surface area contributed by atoms with Gasteiger partial charge in [-0.1, -0.05) is 0 Å². The van der Waals surface area contributed by atoms with E-state index in [0.29, 0.717) is 42.0 Å². The SMILES string of the molecule is Cn1nc(C(F)(F)F)nc1C(=O)N[C@@H]1CCCn2nc(-c3cc(C(F)(F)F)ncc3F)cc21. The number of amides is 1. The molecular formula is C18H14F7N7O. The second kappa shape index (κ2) is 7.81. The minimum atomic E-state index is -4.83. The summed E-state index contributed by atoms with van der Waals surface area (Å²) >= 11 is 0. The average molecular weight is 477 g/mol. The van der Waals surface area contributed by atoms with Crippen LogP contribution in [-0.2, 0) is 25.9 Å². The minimum absolute atomic E-state index is 0.102. The molecule has 4 rings (SSSR count). The molecule has 15 heteroatoms. The van der Waals surface area contributed by atoms with Crippen LogP contribution < -0.4 is 5.32 Å². The molecule has 1 amide bonds. The molecule has 0 unspecified atom stereocenters. The van der Waals surface area contributed by atoms with Gasteiger partial charge in [0.1, 0.15) is 5.69 Å². The molecule has 1 aliphatic heterocycles. The minimum Gasteiger partial charge on any atom is -0.341 e. The maximum Gasteiger partial charge on any atom is 0.453 e. The van der Waals surface area contributed by atoms with Gasteiger partial charge in [-0.25, -0.2) is 14.1 Å². The zero-order valence-corrected chi connectivity index (χ0v) is 16.7. The monoisotopic (exact) mass is 477 g/mol. The number of hydrogen-bond donors (Lipinski definition) is 1. The lowest BCUT2D eigenvalue weighted by molar-refractivity contribution is -0.145. The van der Waals surface area contributed by atoms with Crippen LogP contribution in [0.3, 0.4) is 0 Å². The highest BCUT2D eigenvalue weighted by molar-refractivity contribution is 5.91. The highest BCUT2D eigenvalue weighted by Crippen LogP contribution is 2.34. The average Bonchev–Trinajstić information content (AvgIpc) is 3.31. The molecule has 0 saturated heterocycles. The Labute approximate surface area is 180 Å². The van der Waals surface area contributed by atoms with Gasteiger partial charge in [0, 0.05) is 19.2 Å². The molecule has 33 heavy (non-hydrogen) atoms. The van der Waals surface area contributed by atoms with Gasteiger partial charge in [-0.2, -0.15) is 36.4 Å². The van der Waals surface area contributed by atoms with E-state index in [4.69, 9.17) is 0 Å². The van der Waals surface area contributed by atoms with Crippen LogP contribution in [0.25, 0.3) is 11.3 Å². The fourth-order valence-corrected chi connectivity index (χ4v) is 3.48. The van der Waals surface area contributed by atoms with Crippen LogP contribution in [0.5, 0.6) is 0 Å². The Morgan fingerprint density at radius 1 is 1.12 bits per heavy atom. The van der Waals surface area contributed by atoms with Crippen LogP contribution >= 0.6 is 0 Å². The van der Waals surface area contributed by atoms with Gasteiger partial charge in [0.15, 0.2) is 5.82 Å². The molecular weight excluding hydrogens is 463 g/mol. The number of carbonyl (C=O) groups excluding carboxylic acids is 1. The summed E-state index contributed by atoms with van der Waals surface area (Å²) in [6.45, 7) is 0.350. The third-order valence-corrected chi connectivity index (χ3v) is 4.98. The molecule has 0 aromatic carbocycles. The third kappa shape index (κ3) is 4.39. The summed E-state index contributed by atoms with van der Waals surface area (Å²) in [7, 11) is 1.13. The molecule has 0 saturated carbocycles. The molecule has 0 bridgehead atoms. The number of aromatic nitrogens is 6.